The van der Waals surface area contributed by atoms with Crippen molar-refractivity contribution in [2.75, 3.05) is 11.8 Å². The minimum Gasteiger partial charge on any atom is -0.495 e. The summed E-state index contributed by atoms with van der Waals surface area (Å²) in [5.41, 5.74) is 4.68. The molecule has 0 saturated heterocycles. The molecule has 0 amide bonds. The molecule has 5 nitrogen and oxygen atoms in total. The van der Waals surface area contributed by atoms with Crippen LogP contribution in [0.3, 0.4) is 0 Å². The normalized spacial score (nSPS) is 13.9. The average Bonchev–Trinajstić information content (AvgIpc) is 3.43. The Hall–Kier alpha value is -3.29. The lowest BCUT2D eigenvalue weighted by molar-refractivity contribution is 0.0696. The first-order chi connectivity index (χ1) is 17.6. The van der Waals surface area contributed by atoms with Crippen molar-refractivity contribution >= 4 is 34.9 Å². The highest BCUT2D eigenvalue weighted by Gasteiger charge is 2.16. The second-order valence-electron chi connectivity index (χ2n) is 8.94. The Bertz CT molecular complexity index is 1330. The summed E-state index contributed by atoms with van der Waals surface area (Å²) >= 11 is 3.15. The van der Waals surface area contributed by atoms with E-state index in [-0.39, 0.29) is 5.56 Å². The SMILES string of the molecule is COc1cc(C(=O)O)ccc1NSc1ccc(-c2cnc(-c3ccc(C4CCCCC4)cc3)s2)cc1. The van der Waals surface area contributed by atoms with Crippen molar-refractivity contribution in [2.45, 2.75) is 42.9 Å². The Morgan fingerprint density at radius 1 is 1.00 bits per heavy atom. The second-order valence-corrected chi connectivity index (χ2v) is 10.8. The number of hydrogen-bond donors (Lipinski definition) is 2. The van der Waals surface area contributed by atoms with E-state index in [0.29, 0.717) is 5.75 Å². The largest absolute Gasteiger partial charge is 0.495 e. The molecule has 36 heavy (non-hydrogen) atoms. The predicted octanol–water partition coefficient (Wildman–Crippen LogP) is 8.35. The molecule has 0 aliphatic heterocycles. The van der Waals surface area contributed by atoms with Gasteiger partial charge >= 0.3 is 5.97 Å². The van der Waals surface area contributed by atoms with Crippen molar-refractivity contribution in [1.82, 2.24) is 4.98 Å². The lowest BCUT2D eigenvalue weighted by Gasteiger charge is -2.21. The van der Waals surface area contributed by atoms with Gasteiger partial charge in [-0.3, -0.25) is 0 Å². The topological polar surface area (TPSA) is 71.5 Å². The molecule has 1 saturated carbocycles. The Morgan fingerprint density at radius 3 is 2.42 bits per heavy atom. The molecule has 1 fully saturated rings. The molecule has 1 aromatic heterocycles. The zero-order valence-corrected chi connectivity index (χ0v) is 21.7. The molecule has 0 unspecified atom stereocenters. The summed E-state index contributed by atoms with van der Waals surface area (Å²) in [4.78, 5) is 18.0. The number of aromatic nitrogens is 1. The van der Waals surface area contributed by atoms with Crippen LogP contribution in [0.4, 0.5) is 5.69 Å². The Morgan fingerprint density at radius 2 is 1.72 bits per heavy atom. The van der Waals surface area contributed by atoms with Crippen LogP contribution in [-0.2, 0) is 0 Å². The van der Waals surface area contributed by atoms with Gasteiger partial charge in [0.25, 0.3) is 0 Å². The molecule has 0 spiro atoms. The summed E-state index contributed by atoms with van der Waals surface area (Å²) in [5.74, 6) is 0.226. The first kappa shape index (κ1) is 24.4. The van der Waals surface area contributed by atoms with Crippen molar-refractivity contribution in [3.05, 3.63) is 84.1 Å². The van der Waals surface area contributed by atoms with Crippen molar-refractivity contribution in [2.24, 2.45) is 0 Å². The average molecular weight is 517 g/mol. The highest BCUT2D eigenvalue weighted by Crippen LogP contribution is 2.36. The Balaban J connectivity index is 1.23. The molecule has 1 aliphatic rings. The molecule has 5 rings (SSSR count). The van der Waals surface area contributed by atoms with Crippen LogP contribution < -0.4 is 9.46 Å². The number of hydrogen-bond acceptors (Lipinski definition) is 6. The third-order valence-corrected chi connectivity index (χ3v) is 8.53. The third kappa shape index (κ3) is 5.58. The summed E-state index contributed by atoms with van der Waals surface area (Å²) < 4.78 is 8.58. The number of nitrogens with one attached hydrogen (secondary N) is 1. The van der Waals surface area contributed by atoms with Gasteiger partial charge in [0.1, 0.15) is 10.8 Å². The molecule has 0 radical (unpaired) electrons. The number of thiazole rings is 1. The van der Waals surface area contributed by atoms with E-state index in [9.17, 15) is 4.79 Å². The van der Waals surface area contributed by atoms with E-state index in [0.717, 1.165) is 31.9 Å². The standard InChI is InChI=1S/C29H28N2O3S2/c1-34-26-17-23(29(32)33)13-16-25(26)31-36-24-14-11-21(12-15-24)27-18-30-28(35-27)22-9-7-20(8-10-22)19-5-3-2-4-6-19/h7-19,31H,2-6H2,1H3,(H,32,33). The first-order valence-electron chi connectivity index (χ1n) is 12.1. The number of rotatable bonds is 8. The van der Waals surface area contributed by atoms with E-state index in [1.807, 2.05) is 6.20 Å². The van der Waals surface area contributed by atoms with Crippen LogP contribution in [0.2, 0.25) is 0 Å². The van der Waals surface area contributed by atoms with Crippen LogP contribution in [0.1, 0.15) is 53.9 Å². The van der Waals surface area contributed by atoms with E-state index < -0.39 is 5.97 Å². The maximum atomic E-state index is 11.2. The number of nitrogens with zero attached hydrogens (tertiary/aromatic N) is 1. The predicted molar refractivity (Wildman–Crippen MR) is 148 cm³/mol. The maximum Gasteiger partial charge on any atom is 0.335 e. The number of anilines is 1. The third-order valence-electron chi connectivity index (χ3n) is 6.61. The summed E-state index contributed by atoms with van der Waals surface area (Å²) in [6.07, 6.45) is 8.66. The van der Waals surface area contributed by atoms with Crippen LogP contribution in [0.15, 0.2) is 77.8 Å². The van der Waals surface area contributed by atoms with Crippen LogP contribution in [0, 0.1) is 0 Å². The summed E-state index contributed by atoms with van der Waals surface area (Å²) in [6.45, 7) is 0. The van der Waals surface area contributed by atoms with Gasteiger partial charge in [0, 0.05) is 16.7 Å². The van der Waals surface area contributed by atoms with Crippen LogP contribution in [0.25, 0.3) is 21.0 Å². The van der Waals surface area contributed by atoms with Gasteiger partial charge in [0.15, 0.2) is 0 Å². The van der Waals surface area contributed by atoms with E-state index in [1.54, 1.807) is 23.5 Å². The molecule has 3 aromatic carbocycles. The lowest BCUT2D eigenvalue weighted by atomic mass is 9.84. The number of aromatic carboxylic acids is 1. The molecule has 0 atom stereocenters. The van der Waals surface area contributed by atoms with Crippen molar-refractivity contribution in [1.29, 1.82) is 0 Å². The van der Waals surface area contributed by atoms with Crippen molar-refractivity contribution < 1.29 is 14.6 Å². The van der Waals surface area contributed by atoms with Crippen LogP contribution in [0.5, 0.6) is 5.75 Å². The molecular formula is C29H28N2O3S2. The summed E-state index contributed by atoms with van der Waals surface area (Å²) in [7, 11) is 1.53. The fourth-order valence-corrected chi connectivity index (χ4v) is 6.18. The zero-order chi connectivity index (χ0) is 24.9. The molecular weight excluding hydrogens is 488 g/mol. The summed E-state index contributed by atoms with van der Waals surface area (Å²) in [5, 5.41) is 10.2. The van der Waals surface area contributed by atoms with Gasteiger partial charge in [-0.1, -0.05) is 55.7 Å². The number of carboxylic acid groups (broad SMARTS) is 1. The molecule has 1 heterocycles. The smallest absolute Gasteiger partial charge is 0.335 e. The number of carbonyl (C=O) groups is 1. The molecule has 0 bridgehead atoms. The Kier molecular flexibility index (Phi) is 7.58. The molecule has 2 N–H and O–H groups in total. The van der Waals surface area contributed by atoms with Crippen LogP contribution in [-0.4, -0.2) is 23.2 Å². The molecule has 7 heteroatoms. The fourth-order valence-electron chi connectivity index (χ4n) is 4.58. The minimum atomic E-state index is -0.981. The van der Waals surface area contributed by atoms with E-state index in [1.165, 1.54) is 68.4 Å². The first-order valence-corrected chi connectivity index (χ1v) is 13.7. The number of benzene rings is 3. The van der Waals surface area contributed by atoms with Gasteiger partial charge < -0.3 is 14.6 Å². The highest BCUT2D eigenvalue weighted by molar-refractivity contribution is 8.00. The molecule has 184 valence electrons. The molecule has 4 aromatic rings. The van der Waals surface area contributed by atoms with Gasteiger partial charge in [-0.25, -0.2) is 9.78 Å². The van der Waals surface area contributed by atoms with Crippen molar-refractivity contribution in [3.8, 4) is 26.8 Å². The maximum absolute atomic E-state index is 11.2. The van der Waals surface area contributed by atoms with Crippen LogP contribution >= 0.6 is 23.3 Å². The minimum absolute atomic E-state index is 0.191. The monoisotopic (exact) mass is 516 g/mol. The zero-order valence-electron chi connectivity index (χ0n) is 20.1. The number of carboxylic acids is 1. The quantitative estimate of drug-likeness (QED) is 0.229. The van der Waals surface area contributed by atoms with Gasteiger partial charge in [0.2, 0.25) is 0 Å². The lowest BCUT2D eigenvalue weighted by Crippen LogP contribution is -2.04. The Labute approximate surface area is 219 Å². The summed E-state index contributed by atoms with van der Waals surface area (Å²) in [6, 6.07) is 22.1. The number of methoxy groups -OCH3 is 1. The van der Waals surface area contributed by atoms with Gasteiger partial charge in [0.05, 0.1) is 23.2 Å². The van der Waals surface area contributed by atoms with Gasteiger partial charge in [-0.05, 0) is 72.2 Å². The van der Waals surface area contributed by atoms with E-state index >= 15 is 0 Å². The highest BCUT2D eigenvalue weighted by atomic mass is 32.2. The molecule has 1 aliphatic carbocycles. The van der Waals surface area contributed by atoms with Crippen molar-refractivity contribution in [3.63, 3.8) is 0 Å². The van der Waals surface area contributed by atoms with Gasteiger partial charge in [-0.15, -0.1) is 11.3 Å². The van der Waals surface area contributed by atoms with E-state index in [2.05, 4.69) is 58.2 Å². The van der Waals surface area contributed by atoms with E-state index in [4.69, 9.17) is 9.84 Å². The second kappa shape index (κ2) is 11.2. The fraction of sp³-hybridized carbons (Fsp3) is 0.241. The number of ether oxygens (including phenoxy) is 1. The van der Waals surface area contributed by atoms with Gasteiger partial charge in [-0.2, -0.15) is 0 Å².